The Bertz CT molecular complexity index is 1050. The molecule has 3 aromatic rings. The van der Waals surface area contributed by atoms with E-state index in [2.05, 4.69) is 5.10 Å². The van der Waals surface area contributed by atoms with Gasteiger partial charge in [-0.25, -0.2) is 13.5 Å². The minimum atomic E-state index is -0.873. The monoisotopic (exact) mass is 396 g/mol. The zero-order valence-electron chi connectivity index (χ0n) is 13.7. The number of hydrogen-bond acceptors (Lipinski definition) is 3. The fourth-order valence-electron chi connectivity index (χ4n) is 2.56. The van der Waals surface area contributed by atoms with Crippen LogP contribution >= 0.6 is 23.2 Å². The average Bonchev–Trinajstić information content (AvgIpc) is 2.61. The summed E-state index contributed by atoms with van der Waals surface area (Å²) >= 11 is 12.4. The quantitative estimate of drug-likeness (QED) is 0.643. The molecule has 0 spiro atoms. The molecule has 134 valence electrons. The summed E-state index contributed by atoms with van der Waals surface area (Å²) in [6, 6.07) is 8.09. The number of benzene rings is 2. The highest BCUT2D eigenvalue weighted by atomic mass is 35.5. The second kappa shape index (κ2) is 7.05. The van der Waals surface area contributed by atoms with E-state index in [1.165, 1.54) is 20.2 Å². The van der Waals surface area contributed by atoms with E-state index >= 15 is 0 Å². The van der Waals surface area contributed by atoms with Gasteiger partial charge < -0.3 is 4.74 Å². The van der Waals surface area contributed by atoms with Gasteiger partial charge in [0.2, 0.25) is 0 Å². The van der Waals surface area contributed by atoms with Gasteiger partial charge in [-0.15, -0.1) is 0 Å². The van der Waals surface area contributed by atoms with Gasteiger partial charge >= 0.3 is 0 Å². The summed E-state index contributed by atoms with van der Waals surface area (Å²) in [5.74, 6) is -1.29. The standard InChI is InChI=1S/C18H12Cl2F2N2O2/c1-24-18(25)16(20)15(14-12(21)4-3-5-13(14)22)17(23-24)10-8-9(26-2)6-7-11(10)19/h3-8H,1-2H3. The van der Waals surface area contributed by atoms with Crippen LogP contribution in [0, 0.1) is 11.6 Å². The number of hydrogen-bond donors (Lipinski definition) is 0. The van der Waals surface area contributed by atoms with Crippen molar-refractivity contribution in [3.8, 4) is 28.1 Å². The number of methoxy groups -OCH3 is 1. The molecule has 2 aromatic carbocycles. The fraction of sp³-hybridized carbons (Fsp3) is 0.111. The number of ether oxygens (including phenoxy) is 1. The molecule has 0 unspecified atom stereocenters. The molecule has 4 nitrogen and oxygen atoms in total. The van der Waals surface area contributed by atoms with Crippen LogP contribution in [-0.2, 0) is 7.05 Å². The Morgan fingerprint density at radius 3 is 2.35 bits per heavy atom. The first-order valence-corrected chi connectivity index (χ1v) is 8.15. The molecule has 0 radical (unpaired) electrons. The zero-order valence-corrected chi connectivity index (χ0v) is 15.2. The number of aromatic nitrogens is 2. The minimum absolute atomic E-state index is 0.0602. The van der Waals surface area contributed by atoms with E-state index in [1.807, 2.05) is 0 Å². The summed E-state index contributed by atoms with van der Waals surface area (Å²) in [6.45, 7) is 0. The Kier molecular flexibility index (Phi) is 4.98. The van der Waals surface area contributed by atoms with E-state index in [0.29, 0.717) is 11.3 Å². The van der Waals surface area contributed by atoms with Crippen molar-refractivity contribution in [2.24, 2.45) is 7.05 Å². The van der Waals surface area contributed by atoms with Crippen LogP contribution in [0.3, 0.4) is 0 Å². The Morgan fingerprint density at radius 2 is 1.73 bits per heavy atom. The predicted octanol–water partition coefficient (Wildman–Crippen LogP) is 4.71. The van der Waals surface area contributed by atoms with E-state index < -0.39 is 22.8 Å². The maximum absolute atomic E-state index is 14.4. The van der Waals surface area contributed by atoms with Gasteiger partial charge in [-0.1, -0.05) is 29.3 Å². The van der Waals surface area contributed by atoms with Crippen LogP contribution in [0.15, 0.2) is 41.2 Å². The van der Waals surface area contributed by atoms with E-state index in [1.54, 1.807) is 18.2 Å². The lowest BCUT2D eigenvalue weighted by Crippen LogP contribution is -2.22. The van der Waals surface area contributed by atoms with Crippen molar-refractivity contribution in [1.82, 2.24) is 9.78 Å². The molecule has 0 aliphatic carbocycles. The molecule has 0 fully saturated rings. The third-order valence-corrected chi connectivity index (χ3v) is 4.51. The average molecular weight is 397 g/mol. The molecule has 1 heterocycles. The number of halogens is 4. The highest BCUT2D eigenvalue weighted by Crippen LogP contribution is 2.40. The summed E-state index contributed by atoms with van der Waals surface area (Å²) in [7, 11) is 2.85. The molecule has 0 bridgehead atoms. The number of aryl methyl sites for hydroxylation is 1. The lowest BCUT2D eigenvalue weighted by molar-refractivity contribution is 0.415. The lowest BCUT2D eigenvalue weighted by atomic mass is 9.98. The Balaban J connectivity index is 2.47. The molecule has 0 N–H and O–H groups in total. The summed E-state index contributed by atoms with van der Waals surface area (Å²) in [5, 5.41) is 4.04. The molecule has 0 saturated heterocycles. The van der Waals surface area contributed by atoms with Gasteiger partial charge in [0.15, 0.2) is 0 Å². The topological polar surface area (TPSA) is 44.1 Å². The molecule has 0 atom stereocenters. The lowest BCUT2D eigenvalue weighted by Gasteiger charge is -2.15. The molecular formula is C18H12Cl2F2N2O2. The summed E-state index contributed by atoms with van der Waals surface area (Å²) in [6.07, 6.45) is 0. The maximum Gasteiger partial charge on any atom is 0.285 e. The van der Waals surface area contributed by atoms with Crippen LogP contribution < -0.4 is 10.3 Å². The number of nitrogens with zero attached hydrogens (tertiary/aromatic N) is 2. The third-order valence-electron chi connectivity index (χ3n) is 3.83. The van der Waals surface area contributed by atoms with Crippen LogP contribution in [0.4, 0.5) is 8.78 Å². The second-order valence-corrected chi connectivity index (χ2v) is 6.19. The largest absolute Gasteiger partial charge is 0.497 e. The van der Waals surface area contributed by atoms with Crippen molar-refractivity contribution < 1.29 is 13.5 Å². The van der Waals surface area contributed by atoms with Gasteiger partial charge in [-0.3, -0.25) is 4.79 Å². The van der Waals surface area contributed by atoms with Crippen molar-refractivity contribution in [1.29, 1.82) is 0 Å². The van der Waals surface area contributed by atoms with E-state index in [0.717, 1.165) is 16.8 Å². The molecule has 0 saturated carbocycles. The zero-order chi connectivity index (χ0) is 19.0. The smallest absolute Gasteiger partial charge is 0.285 e. The molecule has 0 amide bonds. The van der Waals surface area contributed by atoms with Crippen molar-refractivity contribution in [2.75, 3.05) is 7.11 Å². The first-order chi connectivity index (χ1) is 12.3. The SMILES string of the molecule is COc1ccc(Cl)c(-c2nn(C)c(=O)c(Cl)c2-c2c(F)cccc2F)c1. The molecular weight excluding hydrogens is 385 g/mol. The second-order valence-electron chi connectivity index (χ2n) is 5.41. The molecule has 0 aliphatic rings. The van der Waals surface area contributed by atoms with Crippen LogP contribution in [-0.4, -0.2) is 16.9 Å². The minimum Gasteiger partial charge on any atom is -0.497 e. The third kappa shape index (κ3) is 3.06. The van der Waals surface area contributed by atoms with Crippen LogP contribution in [0.2, 0.25) is 10.0 Å². The molecule has 3 rings (SSSR count). The van der Waals surface area contributed by atoms with E-state index in [9.17, 15) is 13.6 Å². The number of rotatable bonds is 3. The Morgan fingerprint density at radius 1 is 1.08 bits per heavy atom. The Hall–Kier alpha value is -2.44. The molecule has 1 aromatic heterocycles. The van der Waals surface area contributed by atoms with Crippen LogP contribution in [0.25, 0.3) is 22.4 Å². The van der Waals surface area contributed by atoms with Gasteiger partial charge in [-0.2, -0.15) is 5.10 Å². The van der Waals surface area contributed by atoms with E-state index in [-0.39, 0.29) is 21.3 Å². The van der Waals surface area contributed by atoms with Gasteiger partial charge in [0, 0.05) is 18.2 Å². The predicted molar refractivity (Wildman–Crippen MR) is 96.8 cm³/mol. The van der Waals surface area contributed by atoms with Crippen molar-refractivity contribution in [2.45, 2.75) is 0 Å². The summed E-state index contributed by atoms with van der Waals surface area (Å²) in [4.78, 5) is 12.2. The Labute approximate surface area is 157 Å². The maximum atomic E-state index is 14.4. The van der Waals surface area contributed by atoms with Gasteiger partial charge in [0.25, 0.3) is 5.56 Å². The fourth-order valence-corrected chi connectivity index (χ4v) is 3.08. The van der Waals surface area contributed by atoms with Crippen LogP contribution in [0.5, 0.6) is 5.75 Å². The van der Waals surface area contributed by atoms with Gasteiger partial charge in [0.1, 0.15) is 28.1 Å². The van der Waals surface area contributed by atoms with Crippen molar-refractivity contribution >= 4 is 23.2 Å². The first kappa shape index (κ1) is 18.4. The molecule has 0 aliphatic heterocycles. The molecule has 8 heteroatoms. The highest BCUT2D eigenvalue weighted by molar-refractivity contribution is 6.35. The first-order valence-electron chi connectivity index (χ1n) is 7.40. The van der Waals surface area contributed by atoms with Gasteiger partial charge in [0.05, 0.1) is 17.7 Å². The van der Waals surface area contributed by atoms with Crippen molar-refractivity contribution in [3.63, 3.8) is 0 Å². The normalized spacial score (nSPS) is 10.8. The summed E-state index contributed by atoms with van der Waals surface area (Å²) in [5.41, 5.74) is -0.921. The van der Waals surface area contributed by atoms with Crippen LogP contribution in [0.1, 0.15) is 0 Å². The van der Waals surface area contributed by atoms with E-state index in [4.69, 9.17) is 27.9 Å². The van der Waals surface area contributed by atoms with Crippen molar-refractivity contribution in [3.05, 3.63) is 68.4 Å². The molecule has 26 heavy (non-hydrogen) atoms. The highest BCUT2D eigenvalue weighted by Gasteiger charge is 2.24. The van der Waals surface area contributed by atoms with Gasteiger partial charge in [-0.05, 0) is 30.3 Å². The summed E-state index contributed by atoms with van der Waals surface area (Å²) < 4.78 is 34.9.